The van der Waals surface area contributed by atoms with E-state index in [2.05, 4.69) is 35.5 Å². The summed E-state index contributed by atoms with van der Waals surface area (Å²) in [4.78, 5) is 2.32. The Hall–Kier alpha value is -0.730. The van der Waals surface area contributed by atoms with Gasteiger partial charge in [0.15, 0.2) is 0 Å². The van der Waals surface area contributed by atoms with Gasteiger partial charge in [0.2, 0.25) is 0 Å². The average molecular weight is 265 g/mol. The number of benzene rings is 1. The normalized spacial score (nSPS) is 19.0. The minimum absolute atomic E-state index is 0.735. The second-order valence-electron chi connectivity index (χ2n) is 5.75. The number of hydrogen-bond donors (Lipinski definition) is 1. The fraction of sp³-hybridized carbons (Fsp3) is 0.600. The van der Waals surface area contributed by atoms with Crippen LogP contribution in [0.2, 0.25) is 5.02 Å². The highest BCUT2D eigenvalue weighted by molar-refractivity contribution is 6.31. The van der Waals surface area contributed by atoms with Crippen molar-refractivity contribution in [3.8, 4) is 0 Å². The molecule has 0 saturated heterocycles. The van der Waals surface area contributed by atoms with E-state index in [0.717, 1.165) is 30.1 Å². The fourth-order valence-corrected chi connectivity index (χ4v) is 2.49. The molecule has 98 valence electrons. The van der Waals surface area contributed by atoms with Crippen LogP contribution in [0.4, 0.5) is 5.69 Å². The largest absolute Gasteiger partial charge is 0.374 e. The van der Waals surface area contributed by atoms with Crippen LogP contribution in [-0.4, -0.2) is 19.6 Å². The number of nitrogens with one attached hydrogen (secondary N) is 1. The quantitative estimate of drug-likeness (QED) is 0.847. The first-order chi connectivity index (χ1) is 8.72. The first-order valence-electron chi connectivity index (χ1n) is 6.95. The van der Waals surface area contributed by atoms with E-state index >= 15 is 0 Å². The van der Waals surface area contributed by atoms with Crippen LogP contribution in [0.5, 0.6) is 0 Å². The van der Waals surface area contributed by atoms with Gasteiger partial charge in [-0.25, -0.2) is 0 Å². The highest BCUT2D eigenvalue weighted by Crippen LogP contribution is 2.32. The van der Waals surface area contributed by atoms with Crippen LogP contribution in [0, 0.1) is 5.92 Å². The maximum absolute atomic E-state index is 6.36. The summed E-state index contributed by atoms with van der Waals surface area (Å²) in [6.45, 7) is 2.06. The van der Waals surface area contributed by atoms with E-state index in [-0.39, 0.29) is 0 Å². The van der Waals surface area contributed by atoms with Gasteiger partial charge in [-0.2, -0.15) is 0 Å². The van der Waals surface area contributed by atoms with Crippen molar-refractivity contribution in [2.24, 2.45) is 5.92 Å². The Kier molecular flexibility index (Phi) is 3.49. The van der Waals surface area contributed by atoms with E-state index in [0.29, 0.717) is 0 Å². The Morgan fingerprint density at radius 3 is 2.67 bits per heavy atom. The van der Waals surface area contributed by atoms with Crippen LogP contribution in [0.15, 0.2) is 18.2 Å². The van der Waals surface area contributed by atoms with Crippen molar-refractivity contribution in [1.29, 1.82) is 0 Å². The van der Waals surface area contributed by atoms with Gasteiger partial charge in [0.1, 0.15) is 0 Å². The molecule has 0 aromatic heterocycles. The average Bonchev–Trinajstić information content (AvgIpc) is 3.22. The minimum atomic E-state index is 0.735. The summed E-state index contributed by atoms with van der Waals surface area (Å²) in [5.74, 6) is 0.907. The SMILES string of the molecule is CN(CC1CC1)c1ccc(CNC2CC2)c(Cl)c1. The molecule has 3 rings (SSSR count). The first kappa shape index (κ1) is 12.3. The molecule has 0 bridgehead atoms. The molecule has 0 spiro atoms. The summed E-state index contributed by atoms with van der Waals surface area (Å²) in [6.07, 6.45) is 5.42. The zero-order valence-electron chi connectivity index (χ0n) is 11.0. The molecule has 0 unspecified atom stereocenters. The predicted molar refractivity (Wildman–Crippen MR) is 77.3 cm³/mol. The lowest BCUT2D eigenvalue weighted by molar-refractivity contribution is 0.688. The fourth-order valence-electron chi connectivity index (χ4n) is 2.25. The standard InChI is InChI=1S/C15H21ClN2/c1-18(10-11-2-3-11)14-7-4-12(15(16)8-14)9-17-13-5-6-13/h4,7-8,11,13,17H,2-3,5-6,9-10H2,1H3. The van der Waals surface area contributed by atoms with Gasteiger partial charge < -0.3 is 10.2 Å². The van der Waals surface area contributed by atoms with Crippen LogP contribution in [-0.2, 0) is 6.54 Å². The van der Waals surface area contributed by atoms with E-state index in [4.69, 9.17) is 11.6 Å². The molecule has 1 aromatic carbocycles. The molecule has 0 aliphatic heterocycles. The third kappa shape index (κ3) is 3.18. The lowest BCUT2D eigenvalue weighted by Crippen LogP contribution is -2.20. The van der Waals surface area contributed by atoms with Crippen molar-refractivity contribution >= 4 is 17.3 Å². The van der Waals surface area contributed by atoms with Crippen molar-refractivity contribution < 1.29 is 0 Å². The van der Waals surface area contributed by atoms with Crippen LogP contribution in [0.3, 0.4) is 0 Å². The van der Waals surface area contributed by atoms with Gasteiger partial charge in [0.05, 0.1) is 0 Å². The number of anilines is 1. The highest BCUT2D eigenvalue weighted by atomic mass is 35.5. The zero-order chi connectivity index (χ0) is 12.5. The highest BCUT2D eigenvalue weighted by Gasteiger charge is 2.23. The third-order valence-electron chi connectivity index (χ3n) is 3.86. The van der Waals surface area contributed by atoms with Crippen molar-refractivity contribution in [2.45, 2.75) is 38.3 Å². The van der Waals surface area contributed by atoms with Crippen LogP contribution >= 0.6 is 11.6 Å². The molecule has 2 aliphatic rings. The monoisotopic (exact) mass is 264 g/mol. The number of nitrogens with zero attached hydrogens (tertiary/aromatic N) is 1. The van der Waals surface area contributed by atoms with Gasteiger partial charge in [-0.05, 0) is 49.3 Å². The summed E-state index contributed by atoms with van der Waals surface area (Å²) in [5, 5.41) is 4.40. The van der Waals surface area contributed by atoms with Gasteiger partial charge in [0.25, 0.3) is 0 Å². The number of halogens is 1. The minimum Gasteiger partial charge on any atom is -0.374 e. The van der Waals surface area contributed by atoms with Gasteiger partial charge >= 0.3 is 0 Å². The van der Waals surface area contributed by atoms with E-state index in [1.807, 2.05) is 0 Å². The van der Waals surface area contributed by atoms with Gasteiger partial charge in [-0.15, -0.1) is 0 Å². The maximum Gasteiger partial charge on any atom is 0.0471 e. The molecule has 2 fully saturated rings. The van der Waals surface area contributed by atoms with Gasteiger partial charge in [-0.3, -0.25) is 0 Å². The molecule has 1 aromatic rings. The molecule has 3 heteroatoms. The molecule has 2 nitrogen and oxygen atoms in total. The number of hydrogen-bond acceptors (Lipinski definition) is 2. The molecule has 18 heavy (non-hydrogen) atoms. The van der Waals surface area contributed by atoms with Gasteiger partial charge in [0, 0.05) is 36.9 Å². The lowest BCUT2D eigenvalue weighted by atomic mass is 10.2. The van der Waals surface area contributed by atoms with Crippen molar-refractivity contribution in [3.63, 3.8) is 0 Å². The molecule has 0 heterocycles. The summed E-state index contributed by atoms with van der Waals surface area (Å²) in [6, 6.07) is 7.20. The van der Waals surface area contributed by atoms with E-state index < -0.39 is 0 Å². The molecular weight excluding hydrogens is 244 g/mol. The Labute approximate surface area is 114 Å². The maximum atomic E-state index is 6.36. The molecule has 2 aliphatic carbocycles. The Morgan fingerprint density at radius 1 is 1.28 bits per heavy atom. The number of rotatable bonds is 6. The van der Waals surface area contributed by atoms with E-state index in [1.165, 1.54) is 36.9 Å². The lowest BCUT2D eigenvalue weighted by Gasteiger charge is -2.20. The van der Waals surface area contributed by atoms with E-state index in [1.54, 1.807) is 0 Å². The predicted octanol–water partition coefficient (Wildman–Crippen LogP) is 3.44. The summed E-state index contributed by atoms with van der Waals surface area (Å²) < 4.78 is 0. The molecular formula is C15H21ClN2. The van der Waals surface area contributed by atoms with Crippen LogP contribution < -0.4 is 10.2 Å². The topological polar surface area (TPSA) is 15.3 Å². The molecule has 0 atom stereocenters. The molecule has 0 amide bonds. The van der Waals surface area contributed by atoms with Crippen molar-refractivity contribution in [1.82, 2.24) is 5.32 Å². The van der Waals surface area contributed by atoms with Crippen LogP contribution in [0.1, 0.15) is 31.2 Å². The Bertz CT molecular complexity index is 425. The smallest absolute Gasteiger partial charge is 0.0471 e. The van der Waals surface area contributed by atoms with Gasteiger partial charge in [-0.1, -0.05) is 17.7 Å². The Morgan fingerprint density at radius 2 is 2.06 bits per heavy atom. The summed E-state index contributed by atoms with van der Waals surface area (Å²) in [5.41, 5.74) is 2.45. The molecule has 1 N–H and O–H groups in total. The van der Waals surface area contributed by atoms with E-state index in [9.17, 15) is 0 Å². The van der Waals surface area contributed by atoms with Crippen molar-refractivity contribution in [2.75, 3.05) is 18.5 Å². The Balaban J connectivity index is 1.62. The zero-order valence-corrected chi connectivity index (χ0v) is 11.7. The van der Waals surface area contributed by atoms with Crippen LogP contribution in [0.25, 0.3) is 0 Å². The first-order valence-corrected chi connectivity index (χ1v) is 7.33. The third-order valence-corrected chi connectivity index (χ3v) is 4.22. The van der Waals surface area contributed by atoms with Crippen molar-refractivity contribution in [3.05, 3.63) is 28.8 Å². The summed E-state index contributed by atoms with van der Waals surface area (Å²) >= 11 is 6.36. The second kappa shape index (κ2) is 5.10. The second-order valence-corrected chi connectivity index (χ2v) is 6.16. The molecule has 0 radical (unpaired) electrons. The molecule has 2 saturated carbocycles. The summed E-state index contributed by atoms with van der Waals surface area (Å²) in [7, 11) is 2.16.